The second-order valence-electron chi connectivity index (χ2n) is 11.2. The van der Waals surface area contributed by atoms with Crippen LogP contribution in [0, 0.1) is 30.1 Å². The number of carbonyl (C=O) groups is 2. The van der Waals surface area contributed by atoms with Crippen LogP contribution in [0.15, 0.2) is 49.3 Å². The molecular weight excluding hydrogens is 526 g/mol. The van der Waals surface area contributed by atoms with Crippen molar-refractivity contribution in [2.45, 2.75) is 57.2 Å². The molecule has 2 aromatic heterocycles. The summed E-state index contributed by atoms with van der Waals surface area (Å²) in [5.41, 5.74) is 2.85. The number of carbonyl (C=O) groups excluding carboxylic acids is 2. The van der Waals surface area contributed by atoms with E-state index in [0.29, 0.717) is 52.4 Å². The van der Waals surface area contributed by atoms with Crippen molar-refractivity contribution in [2.75, 3.05) is 6.54 Å². The molecule has 3 unspecified atom stereocenters. The number of aromatic nitrogens is 2. The molecule has 0 spiro atoms. The van der Waals surface area contributed by atoms with Gasteiger partial charge in [0.25, 0.3) is 5.91 Å². The highest BCUT2D eigenvalue weighted by Crippen LogP contribution is 2.49. The van der Waals surface area contributed by atoms with Crippen molar-refractivity contribution in [2.24, 2.45) is 11.8 Å². The first kappa shape index (κ1) is 27.6. The van der Waals surface area contributed by atoms with Crippen molar-refractivity contribution < 1.29 is 18.0 Å². The summed E-state index contributed by atoms with van der Waals surface area (Å²) in [6.07, 6.45) is 7.02. The highest BCUT2D eigenvalue weighted by Gasteiger charge is 2.54. The quantitative estimate of drug-likeness (QED) is 0.400. The number of piperidine rings is 1. The van der Waals surface area contributed by atoms with Crippen LogP contribution >= 0.6 is 0 Å². The van der Waals surface area contributed by atoms with Gasteiger partial charge in [0.2, 0.25) is 15.9 Å². The first-order valence-corrected chi connectivity index (χ1v) is 14.9. The SMILES string of the molecule is C=CCC1(S(=O)(=O)n2cc(C)c3c(C(=O)NCC4C(=O)NC(C)CC4C)cc(-c4ccc(C#N)nc4)cc32)CC1. The molecule has 5 rings (SSSR count). The second kappa shape index (κ2) is 10.2. The van der Waals surface area contributed by atoms with Gasteiger partial charge in [-0.2, -0.15) is 5.26 Å². The van der Waals surface area contributed by atoms with Crippen molar-refractivity contribution in [1.29, 1.82) is 5.26 Å². The Kier molecular flexibility index (Phi) is 7.04. The Labute approximate surface area is 234 Å². The number of nitrogens with one attached hydrogen (secondary N) is 2. The van der Waals surface area contributed by atoms with Gasteiger partial charge in [0.05, 0.1) is 16.2 Å². The molecule has 2 N–H and O–H groups in total. The van der Waals surface area contributed by atoms with Crippen molar-refractivity contribution in [3.63, 3.8) is 0 Å². The van der Waals surface area contributed by atoms with Crippen LogP contribution in [0.2, 0.25) is 0 Å². The maximum absolute atomic E-state index is 13.9. The zero-order valence-corrected chi connectivity index (χ0v) is 23.7. The minimum Gasteiger partial charge on any atom is -0.353 e. The Morgan fingerprint density at radius 3 is 2.65 bits per heavy atom. The zero-order valence-electron chi connectivity index (χ0n) is 22.9. The maximum Gasteiger partial charge on any atom is 0.252 e. The number of aryl methyl sites for hydroxylation is 1. The summed E-state index contributed by atoms with van der Waals surface area (Å²) in [5.74, 6) is -0.731. The summed E-state index contributed by atoms with van der Waals surface area (Å²) in [5, 5.41) is 15.6. The van der Waals surface area contributed by atoms with Gasteiger partial charge >= 0.3 is 0 Å². The summed E-state index contributed by atoms with van der Waals surface area (Å²) in [4.78, 5) is 30.5. The van der Waals surface area contributed by atoms with E-state index in [0.717, 1.165) is 6.42 Å². The van der Waals surface area contributed by atoms with Gasteiger partial charge in [0.1, 0.15) is 11.8 Å². The molecule has 3 atom stereocenters. The average molecular weight is 560 g/mol. The predicted octanol–water partition coefficient (Wildman–Crippen LogP) is 4.06. The van der Waals surface area contributed by atoms with E-state index in [1.807, 2.05) is 19.9 Å². The maximum atomic E-state index is 13.9. The molecule has 1 saturated carbocycles. The molecule has 2 aliphatic rings. The third-order valence-corrected chi connectivity index (χ3v) is 10.8. The smallest absolute Gasteiger partial charge is 0.252 e. The Morgan fingerprint density at radius 1 is 1.30 bits per heavy atom. The Bertz CT molecular complexity index is 1660. The standard InChI is InChI=1S/C30H33N5O4S/c1-5-8-30(9-10-30)40(38,39)35-17-19(3)27-24(28(36)33-16-25-18(2)11-20(4)34-29(25)37)12-22(13-26(27)35)21-6-7-23(14-31)32-15-21/h5-7,12-13,15,17-18,20,25H,1,8-11,16H2,2-4H3,(H,33,36)(H,34,37). The van der Waals surface area contributed by atoms with Gasteiger partial charge in [-0.1, -0.05) is 13.0 Å². The minimum absolute atomic E-state index is 0.0838. The Hall–Kier alpha value is -3.97. The molecule has 1 aliphatic carbocycles. The third kappa shape index (κ3) is 4.68. The highest BCUT2D eigenvalue weighted by atomic mass is 32.2. The summed E-state index contributed by atoms with van der Waals surface area (Å²) >= 11 is 0. The summed E-state index contributed by atoms with van der Waals surface area (Å²) in [6.45, 7) is 9.69. The van der Waals surface area contributed by atoms with E-state index in [2.05, 4.69) is 22.2 Å². The monoisotopic (exact) mass is 559 g/mol. The predicted molar refractivity (Wildman–Crippen MR) is 153 cm³/mol. The van der Waals surface area contributed by atoms with Gasteiger partial charge in [-0.05, 0) is 80.8 Å². The van der Waals surface area contributed by atoms with Crippen LogP contribution in [-0.2, 0) is 14.8 Å². The first-order valence-electron chi connectivity index (χ1n) is 13.5. The molecule has 1 saturated heterocycles. The van der Waals surface area contributed by atoms with Gasteiger partial charge in [-0.15, -0.1) is 6.58 Å². The average Bonchev–Trinajstić information content (AvgIpc) is 3.64. The zero-order chi connectivity index (χ0) is 28.8. The number of fused-ring (bicyclic) bond motifs is 1. The van der Waals surface area contributed by atoms with Crippen molar-refractivity contribution in [3.8, 4) is 17.2 Å². The molecular formula is C30H33N5O4S. The van der Waals surface area contributed by atoms with E-state index >= 15 is 0 Å². The van der Waals surface area contributed by atoms with Crippen LogP contribution in [0.4, 0.5) is 0 Å². The number of nitrogens with zero attached hydrogens (tertiary/aromatic N) is 3. The van der Waals surface area contributed by atoms with Gasteiger partial charge in [-0.3, -0.25) is 9.59 Å². The van der Waals surface area contributed by atoms with Crippen LogP contribution < -0.4 is 10.6 Å². The molecule has 10 heteroatoms. The minimum atomic E-state index is -3.79. The molecule has 0 radical (unpaired) electrons. The lowest BCUT2D eigenvalue weighted by molar-refractivity contribution is -0.129. The van der Waals surface area contributed by atoms with E-state index < -0.39 is 20.7 Å². The summed E-state index contributed by atoms with van der Waals surface area (Å²) in [7, 11) is -3.79. The van der Waals surface area contributed by atoms with E-state index in [4.69, 9.17) is 5.26 Å². The number of amides is 2. The number of benzene rings is 1. The number of hydrogen-bond acceptors (Lipinski definition) is 6. The normalized spacial score (nSPS) is 21.9. The number of nitriles is 1. The fourth-order valence-electron chi connectivity index (χ4n) is 5.86. The van der Waals surface area contributed by atoms with Crippen molar-refractivity contribution in [1.82, 2.24) is 19.6 Å². The molecule has 208 valence electrons. The van der Waals surface area contributed by atoms with Gasteiger partial charge in [-0.25, -0.2) is 17.4 Å². The third-order valence-electron chi connectivity index (χ3n) is 8.27. The Morgan fingerprint density at radius 2 is 2.05 bits per heavy atom. The fourth-order valence-corrected chi connectivity index (χ4v) is 7.92. The largest absolute Gasteiger partial charge is 0.353 e. The van der Waals surface area contributed by atoms with Crippen molar-refractivity contribution >= 4 is 32.7 Å². The molecule has 1 aliphatic heterocycles. The van der Waals surface area contributed by atoms with Gasteiger partial charge in [0.15, 0.2) is 0 Å². The molecule has 0 bridgehead atoms. The molecule has 2 amide bonds. The van der Waals surface area contributed by atoms with Crippen molar-refractivity contribution in [3.05, 3.63) is 66.1 Å². The van der Waals surface area contributed by atoms with Crippen LogP contribution in [0.3, 0.4) is 0 Å². The van der Waals surface area contributed by atoms with Crippen LogP contribution in [-0.4, -0.2) is 46.5 Å². The molecule has 3 aromatic rings. The van der Waals surface area contributed by atoms with E-state index in [1.165, 1.54) is 10.2 Å². The number of pyridine rings is 1. The number of allylic oxidation sites excluding steroid dienone is 1. The van der Waals surface area contributed by atoms with E-state index in [-0.39, 0.29) is 36.0 Å². The molecule has 3 heterocycles. The highest BCUT2D eigenvalue weighted by molar-refractivity contribution is 7.91. The van der Waals surface area contributed by atoms with Crippen LogP contribution in [0.5, 0.6) is 0 Å². The van der Waals surface area contributed by atoms with E-state index in [1.54, 1.807) is 43.5 Å². The van der Waals surface area contributed by atoms with Crippen LogP contribution in [0.25, 0.3) is 22.0 Å². The summed E-state index contributed by atoms with van der Waals surface area (Å²) in [6, 6.07) is 8.85. The van der Waals surface area contributed by atoms with Crippen LogP contribution in [0.1, 0.15) is 61.1 Å². The number of hydrogen-bond donors (Lipinski definition) is 2. The topological polar surface area (TPSA) is 134 Å². The van der Waals surface area contributed by atoms with Gasteiger partial charge < -0.3 is 10.6 Å². The Balaban J connectivity index is 1.61. The van der Waals surface area contributed by atoms with Gasteiger partial charge in [0, 0.05) is 41.5 Å². The lowest BCUT2D eigenvalue weighted by atomic mass is 9.84. The molecule has 2 fully saturated rings. The first-order chi connectivity index (χ1) is 19.0. The second-order valence-corrected chi connectivity index (χ2v) is 13.4. The fraction of sp³-hybridized carbons (Fsp3) is 0.400. The summed E-state index contributed by atoms with van der Waals surface area (Å²) < 4.78 is 28.2. The number of rotatable bonds is 8. The molecule has 1 aromatic carbocycles. The lowest BCUT2D eigenvalue weighted by Crippen LogP contribution is -2.50. The molecule has 40 heavy (non-hydrogen) atoms. The molecule has 9 nitrogen and oxygen atoms in total. The lowest BCUT2D eigenvalue weighted by Gasteiger charge is -2.32. The van der Waals surface area contributed by atoms with E-state index in [9.17, 15) is 18.0 Å².